The monoisotopic (exact) mass is 289 g/mol. The molecule has 21 heavy (non-hydrogen) atoms. The van der Waals surface area contributed by atoms with Gasteiger partial charge in [-0.3, -0.25) is 14.9 Å². The van der Waals surface area contributed by atoms with E-state index in [0.717, 1.165) is 5.56 Å². The summed E-state index contributed by atoms with van der Waals surface area (Å²) in [4.78, 5) is 35.1. The molecule has 0 saturated carbocycles. The van der Waals surface area contributed by atoms with Crippen LogP contribution in [0.2, 0.25) is 0 Å². The number of imide groups is 1. The number of carbonyl (C=O) groups is 3. The van der Waals surface area contributed by atoms with Crippen LogP contribution in [0.5, 0.6) is 0 Å². The van der Waals surface area contributed by atoms with E-state index in [-0.39, 0.29) is 17.9 Å². The summed E-state index contributed by atoms with van der Waals surface area (Å²) in [5, 5.41) is 4.01. The van der Waals surface area contributed by atoms with Gasteiger partial charge in [-0.05, 0) is 17.7 Å². The van der Waals surface area contributed by atoms with Crippen molar-refractivity contribution < 1.29 is 19.1 Å². The lowest BCUT2D eigenvalue weighted by atomic mass is 9.90. The molecule has 0 aliphatic carbocycles. The highest BCUT2D eigenvalue weighted by Crippen LogP contribution is 2.36. The maximum Gasteiger partial charge on any atom is 0.337 e. The molecule has 7 heteroatoms. The molecule has 1 aromatic rings. The molecule has 3 rings (SSSR count). The molecule has 2 N–H and O–H groups in total. The van der Waals surface area contributed by atoms with Crippen LogP contribution in [0.25, 0.3) is 0 Å². The van der Waals surface area contributed by atoms with Gasteiger partial charge in [-0.25, -0.2) is 15.2 Å². The fraction of sp³-hybridized carbons (Fsp3) is 0.357. The minimum Gasteiger partial charge on any atom is -0.465 e. The number of nitrogens with one attached hydrogen (secondary N) is 2. The highest BCUT2D eigenvalue weighted by Gasteiger charge is 2.53. The molecule has 2 aliphatic rings. The van der Waals surface area contributed by atoms with Crippen molar-refractivity contribution in [1.29, 1.82) is 0 Å². The summed E-state index contributed by atoms with van der Waals surface area (Å²) in [5.41, 5.74) is 4.41. The molecule has 2 aliphatic heterocycles. The number of hydrogen-bond donors (Lipinski definition) is 2. The van der Waals surface area contributed by atoms with Crippen LogP contribution in [0.3, 0.4) is 0 Å². The standard InChI is InChI=1S/C14H15N3O4/c1-17-11-9(12(18)15-13(11)19)10(16-17)7-3-5-8(6-4-7)14(20)21-2/h3-6,9-11,16H,1-2H3,(H,15,18,19)/t9-,10-,11-/m1/s1. The third-order valence-corrected chi connectivity index (χ3v) is 3.97. The molecule has 0 radical (unpaired) electrons. The van der Waals surface area contributed by atoms with Crippen LogP contribution in [-0.4, -0.2) is 43.0 Å². The van der Waals surface area contributed by atoms with Crippen molar-refractivity contribution in [3.63, 3.8) is 0 Å². The predicted octanol–water partition coefficient (Wildman–Crippen LogP) is -0.394. The highest BCUT2D eigenvalue weighted by molar-refractivity contribution is 6.07. The van der Waals surface area contributed by atoms with Crippen molar-refractivity contribution in [2.75, 3.05) is 14.2 Å². The molecule has 0 unspecified atom stereocenters. The fourth-order valence-electron chi connectivity index (χ4n) is 2.94. The third kappa shape index (κ3) is 2.10. The molecule has 2 amide bonds. The summed E-state index contributed by atoms with van der Waals surface area (Å²) >= 11 is 0. The van der Waals surface area contributed by atoms with Gasteiger partial charge in [-0.1, -0.05) is 12.1 Å². The van der Waals surface area contributed by atoms with E-state index in [0.29, 0.717) is 5.56 Å². The molecule has 2 heterocycles. The molecular formula is C14H15N3O4. The van der Waals surface area contributed by atoms with Gasteiger partial charge in [-0.2, -0.15) is 0 Å². The Morgan fingerprint density at radius 2 is 1.86 bits per heavy atom. The van der Waals surface area contributed by atoms with E-state index >= 15 is 0 Å². The Morgan fingerprint density at radius 1 is 1.19 bits per heavy atom. The van der Waals surface area contributed by atoms with E-state index in [1.54, 1.807) is 36.3 Å². The van der Waals surface area contributed by atoms with E-state index in [1.807, 2.05) is 0 Å². The summed E-state index contributed by atoms with van der Waals surface area (Å²) in [6, 6.07) is 6.02. The minimum atomic E-state index is -0.497. The number of amides is 2. The van der Waals surface area contributed by atoms with E-state index in [2.05, 4.69) is 15.5 Å². The highest BCUT2D eigenvalue weighted by atomic mass is 16.5. The molecule has 2 fully saturated rings. The van der Waals surface area contributed by atoms with Crippen LogP contribution < -0.4 is 10.7 Å². The first kappa shape index (κ1) is 13.7. The van der Waals surface area contributed by atoms with E-state index in [9.17, 15) is 14.4 Å². The normalized spacial score (nSPS) is 28.4. The molecule has 1 aromatic carbocycles. The summed E-state index contributed by atoms with van der Waals surface area (Å²) in [5.74, 6) is -1.44. The molecule has 110 valence electrons. The number of methoxy groups -OCH3 is 1. The lowest BCUT2D eigenvalue weighted by Crippen LogP contribution is -2.41. The predicted molar refractivity (Wildman–Crippen MR) is 71.8 cm³/mol. The second kappa shape index (κ2) is 4.94. The average Bonchev–Trinajstić information content (AvgIpc) is 2.98. The summed E-state index contributed by atoms with van der Waals surface area (Å²) in [6.07, 6.45) is 0. The number of likely N-dealkylation sites (N-methyl/N-ethyl adjacent to an activating group) is 1. The Bertz CT molecular complexity index is 613. The largest absolute Gasteiger partial charge is 0.465 e. The smallest absolute Gasteiger partial charge is 0.337 e. The molecule has 3 atom stereocenters. The van der Waals surface area contributed by atoms with Gasteiger partial charge in [0.25, 0.3) is 0 Å². The Balaban J connectivity index is 1.89. The van der Waals surface area contributed by atoms with Gasteiger partial charge in [0.1, 0.15) is 6.04 Å². The number of rotatable bonds is 2. The first-order valence-electron chi connectivity index (χ1n) is 6.55. The second-order valence-electron chi connectivity index (χ2n) is 5.16. The Kier molecular flexibility index (Phi) is 3.23. The van der Waals surface area contributed by atoms with E-state index < -0.39 is 17.9 Å². The quantitative estimate of drug-likeness (QED) is 0.569. The van der Waals surface area contributed by atoms with Gasteiger partial charge in [0.15, 0.2) is 0 Å². The summed E-state index contributed by atoms with van der Waals surface area (Å²) < 4.78 is 4.65. The number of fused-ring (bicyclic) bond motifs is 1. The third-order valence-electron chi connectivity index (χ3n) is 3.97. The van der Waals surface area contributed by atoms with E-state index in [4.69, 9.17) is 0 Å². The lowest BCUT2D eigenvalue weighted by molar-refractivity contribution is -0.127. The maximum absolute atomic E-state index is 11.9. The van der Waals surface area contributed by atoms with E-state index in [1.165, 1.54) is 7.11 Å². The first-order valence-corrected chi connectivity index (χ1v) is 6.55. The van der Waals surface area contributed by atoms with Gasteiger partial charge >= 0.3 is 5.97 Å². The number of hydrogen-bond acceptors (Lipinski definition) is 6. The molecule has 0 aromatic heterocycles. The fourth-order valence-corrected chi connectivity index (χ4v) is 2.94. The molecule has 7 nitrogen and oxygen atoms in total. The zero-order chi connectivity index (χ0) is 15.1. The average molecular weight is 289 g/mol. The number of carbonyl (C=O) groups excluding carboxylic acids is 3. The maximum atomic E-state index is 11.9. The van der Waals surface area contributed by atoms with Crippen LogP contribution in [0.15, 0.2) is 24.3 Å². The minimum absolute atomic E-state index is 0.274. The number of ether oxygens (including phenoxy) is 1. The number of benzene rings is 1. The zero-order valence-electron chi connectivity index (χ0n) is 11.6. The van der Waals surface area contributed by atoms with Crippen molar-refractivity contribution in [1.82, 2.24) is 15.8 Å². The Hall–Kier alpha value is -2.25. The number of hydrazine groups is 1. The number of esters is 1. The van der Waals surface area contributed by atoms with Gasteiger partial charge in [0, 0.05) is 7.05 Å². The molecule has 0 bridgehead atoms. The van der Waals surface area contributed by atoms with Crippen LogP contribution in [0, 0.1) is 5.92 Å². The van der Waals surface area contributed by atoms with Gasteiger partial charge in [-0.15, -0.1) is 0 Å². The molecule has 0 spiro atoms. The van der Waals surface area contributed by atoms with Crippen molar-refractivity contribution in [3.8, 4) is 0 Å². The van der Waals surface area contributed by atoms with Crippen molar-refractivity contribution >= 4 is 17.8 Å². The van der Waals surface area contributed by atoms with Crippen LogP contribution in [-0.2, 0) is 14.3 Å². The first-order chi connectivity index (χ1) is 10.0. The molecule has 2 saturated heterocycles. The van der Waals surface area contributed by atoms with Crippen molar-refractivity contribution in [2.45, 2.75) is 12.1 Å². The summed E-state index contributed by atoms with van der Waals surface area (Å²) in [7, 11) is 3.06. The molecular weight excluding hydrogens is 274 g/mol. The lowest BCUT2D eigenvalue weighted by Gasteiger charge is -2.17. The van der Waals surface area contributed by atoms with Gasteiger partial charge < -0.3 is 4.74 Å². The van der Waals surface area contributed by atoms with Crippen LogP contribution in [0.4, 0.5) is 0 Å². The Labute approximate surface area is 121 Å². The zero-order valence-corrected chi connectivity index (χ0v) is 11.6. The number of nitrogens with zero attached hydrogens (tertiary/aromatic N) is 1. The van der Waals surface area contributed by atoms with Crippen LogP contribution in [0.1, 0.15) is 22.0 Å². The SMILES string of the molecule is COC(=O)c1ccc([C@H]2NN(C)[C@H]3C(=O)NC(=O)[C@H]23)cc1. The van der Waals surface area contributed by atoms with Gasteiger partial charge in [0.2, 0.25) is 11.8 Å². The van der Waals surface area contributed by atoms with Crippen molar-refractivity contribution in [2.24, 2.45) is 5.92 Å². The van der Waals surface area contributed by atoms with Crippen LogP contribution >= 0.6 is 0 Å². The summed E-state index contributed by atoms with van der Waals surface area (Å²) in [6.45, 7) is 0. The Morgan fingerprint density at radius 3 is 2.48 bits per heavy atom. The second-order valence-corrected chi connectivity index (χ2v) is 5.16. The van der Waals surface area contributed by atoms with Gasteiger partial charge in [0.05, 0.1) is 24.6 Å². The van der Waals surface area contributed by atoms with Crippen molar-refractivity contribution in [3.05, 3.63) is 35.4 Å². The topological polar surface area (TPSA) is 87.7 Å².